The van der Waals surface area contributed by atoms with Gasteiger partial charge in [0.25, 0.3) is 0 Å². The van der Waals surface area contributed by atoms with Crippen molar-refractivity contribution in [2.75, 3.05) is 0 Å². The zero-order valence-electron chi connectivity index (χ0n) is 7.90. The highest BCUT2D eigenvalue weighted by Gasteiger charge is 2.00. The highest BCUT2D eigenvalue weighted by molar-refractivity contribution is 7.45. The quantitative estimate of drug-likeness (QED) is 0.489. The maximum atomic E-state index is 8.88. The molecule has 0 aromatic rings. The van der Waals surface area contributed by atoms with Crippen LogP contribution in [0.5, 0.6) is 0 Å². The fourth-order valence-electron chi connectivity index (χ4n) is 0.866. The molecule has 4 nitrogen and oxygen atoms in total. The van der Waals surface area contributed by atoms with Gasteiger partial charge in [-0.15, -0.1) is 0 Å². The maximum Gasteiger partial charge on any atom is 0.466 e. The van der Waals surface area contributed by atoms with Crippen LogP contribution in [0.1, 0.15) is 20.8 Å². The summed E-state index contributed by atoms with van der Waals surface area (Å²) >= 11 is 0. The highest BCUT2D eigenvalue weighted by atomic mass is 31.2. The Balaban J connectivity index is 0. The molecule has 0 aliphatic carbocycles. The van der Waals surface area contributed by atoms with Crippen molar-refractivity contribution in [2.24, 2.45) is 0 Å². The first-order chi connectivity index (χ1) is 5.35. The molecule has 0 aliphatic rings. The minimum absolute atomic E-state index is 0.171. The molecule has 0 atom stereocenters. The van der Waals surface area contributed by atoms with E-state index < -0.39 is 7.82 Å². The smallest absolute Gasteiger partial charge is 0.303 e. The standard InChI is InChI=1S/C6H16Si.H3O4P/c1-4-7(5-2)6-3;1-5(2,3)4/h7H,4-6H2,1-3H3;(H3,1,2,3,4). The summed E-state index contributed by atoms with van der Waals surface area (Å²) < 4.78 is 8.88. The van der Waals surface area contributed by atoms with Crippen molar-refractivity contribution in [2.45, 2.75) is 38.9 Å². The van der Waals surface area contributed by atoms with E-state index in [9.17, 15) is 0 Å². The lowest BCUT2D eigenvalue weighted by molar-refractivity contribution is 0.275. The van der Waals surface area contributed by atoms with Crippen LogP contribution in [0, 0.1) is 0 Å². The Morgan fingerprint density at radius 3 is 1.17 bits per heavy atom. The van der Waals surface area contributed by atoms with Crippen molar-refractivity contribution in [1.29, 1.82) is 0 Å². The van der Waals surface area contributed by atoms with Gasteiger partial charge in [0.15, 0.2) is 0 Å². The zero-order chi connectivity index (χ0) is 10.2. The van der Waals surface area contributed by atoms with Gasteiger partial charge in [0, 0.05) is 8.80 Å². The van der Waals surface area contributed by atoms with Crippen molar-refractivity contribution < 1.29 is 19.2 Å². The molecule has 76 valence electrons. The average Bonchev–Trinajstić information content (AvgIpc) is 1.88. The largest absolute Gasteiger partial charge is 0.466 e. The first-order valence-corrected chi connectivity index (χ1v) is 8.14. The summed E-state index contributed by atoms with van der Waals surface area (Å²) in [6, 6.07) is 4.48. The molecule has 0 spiro atoms. The number of hydrogen-bond donors (Lipinski definition) is 3. The van der Waals surface area contributed by atoms with Crippen molar-refractivity contribution >= 4 is 16.6 Å². The van der Waals surface area contributed by atoms with Crippen molar-refractivity contribution in [3.8, 4) is 0 Å². The van der Waals surface area contributed by atoms with E-state index in [1.54, 1.807) is 0 Å². The molecule has 0 radical (unpaired) electrons. The van der Waals surface area contributed by atoms with E-state index in [1.165, 1.54) is 18.1 Å². The average molecular weight is 214 g/mol. The van der Waals surface area contributed by atoms with E-state index in [0.717, 1.165) is 0 Å². The van der Waals surface area contributed by atoms with Crippen LogP contribution in [0.15, 0.2) is 0 Å². The van der Waals surface area contributed by atoms with Gasteiger partial charge < -0.3 is 14.7 Å². The zero-order valence-corrected chi connectivity index (χ0v) is 9.94. The molecule has 0 bridgehead atoms. The summed E-state index contributed by atoms with van der Waals surface area (Å²) in [6.07, 6.45) is 0. The summed E-state index contributed by atoms with van der Waals surface area (Å²) in [5.41, 5.74) is 0. The van der Waals surface area contributed by atoms with Crippen LogP contribution < -0.4 is 0 Å². The predicted molar refractivity (Wildman–Crippen MR) is 52.9 cm³/mol. The molecule has 6 heteroatoms. The molecule has 0 aromatic heterocycles. The molecule has 0 saturated carbocycles. The molecule has 0 amide bonds. The highest BCUT2D eigenvalue weighted by Crippen LogP contribution is 2.25. The monoisotopic (exact) mass is 214 g/mol. The van der Waals surface area contributed by atoms with Crippen molar-refractivity contribution in [3.63, 3.8) is 0 Å². The Morgan fingerprint density at radius 1 is 1.00 bits per heavy atom. The molecule has 0 saturated heterocycles. The van der Waals surface area contributed by atoms with E-state index in [4.69, 9.17) is 19.2 Å². The number of rotatable bonds is 3. The van der Waals surface area contributed by atoms with Crippen molar-refractivity contribution in [1.82, 2.24) is 0 Å². The summed E-state index contributed by atoms with van der Waals surface area (Å²) in [5, 5.41) is 0. The van der Waals surface area contributed by atoms with Gasteiger partial charge in [-0.05, 0) is 0 Å². The van der Waals surface area contributed by atoms with Gasteiger partial charge in [-0.25, -0.2) is 4.57 Å². The topological polar surface area (TPSA) is 77.8 Å². The number of phosphoric acid groups is 1. The SMILES string of the molecule is CC[SiH](CC)CC.O=P(O)(O)O. The van der Waals surface area contributed by atoms with Crippen LogP contribution in [0.4, 0.5) is 0 Å². The molecule has 0 aromatic carbocycles. The van der Waals surface area contributed by atoms with Crippen LogP contribution in [0.3, 0.4) is 0 Å². The van der Waals surface area contributed by atoms with E-state index in [0.29, 0.717) is 0 Å². The second kappa shape index (κ2) is 7.95. The predicted octanol–water partition coefficient (Wildman–Crippen LogP) is 1.34. The van der Waals surface area contributed by atoms with Gasteiger partial charge in [-0.2, -0.15) is 0 Å². The molecular formula is C6H19O4PSi. The summed E-state index contributed by atoms with van der Waals surface area (Å²) in [6.45, 7) is 6.97. The van der Waals surface area contributed by atoms with Crippen LogP contribution in [0.2, 0.25) is 18.1 Å². The minimum atomic E-state index is -4.64. The van der Waals surface area contributed by atoms with E-state index in [2.05, 4.69) is 20.8 Å². The molecule has 12 heavy (non-hydrogen) atoms. The first-order valence-electron chi connectivity index (χ1n) is 4.13. The van der Waals surface area contributed by atoms with E-state index >= 15 is 0 Å². The molecule has 0 rings (SSSR count). The third-order valence-corrected chi connectivity index (χ3v) is 5.20. The van der Waals surface area contributed by atoms with Gasteiger partial charge in [-0.1, -0.05) is 38.9 Å². The van der Waals surface area contributed by atoms with Gasteiger partial charge in [0.05, 0.1) is 0 Å². The Labute approximate surface area is 75.5 Å². The maximum absolute atomic E-state index is 8.88. The number of hydrogen-bond acceptors (Lipinski definition) is 1. The van der Waals surface area contributed by atoms with E-state index in [1.807, 2.05) is 0 Å². The third-order valence-electron chi connectivity index (χ3n) is 1.73. The molecule has 0 aliphatic heterocycles. The summed E-state index contributed by atoms with van der Waals surface area (Å²) in [4.78, 5) is 21.6. The summed E-state index contributed by atoms with van der Waals surface area (Å²) in [5.74, 6) is 0. The molecule has 0 heterocycles. The minimum Gasteiger partial charge on any atom is -0.303 e. The fraction of sp³-hybridized carbons (Fsp3) is 1.00. The van der Waals surface area contributed by atoms with Crippen LogP contribution in [-0.4, -0.2) is 23.5 Å². The van der Waals surface area contributed by atoms with Crippen LogP contribution in [0.25, 0.3) is 0 Å². The molecule has 0 fully saturated rings. The fourth-order valence-corrected chi connectivity index (χ4v) is 2.60. The van der Waals surface area contributed by atoms with E-state index in [-0.39, 0.29) is 8.80 Å². The Morgan fingerprint density at radius 2 is 1.17 bits per heavy atom. The lowest BCUT2D eigenvalue weighted by Crippen LogP contribution is -2.04. The normalized spacial score (nSPS) is 10.9. The van der Waals surface area contributed by atoms with Gasteiger partial charge in [-0.3, -0.25) is 0 Å². The van der Waals surface area contributed by atoms with Crippen LogP contribution in [-0.2, 0) is 4.57 Å². The van der Waals surface area contributed by atoms with Gasteiger partial charge >= 0.3 is 7.82 Å². The molecule has 0 unspecified atom stereocenters. The Hall–Kier alpha value is 0.327. The molecular weight excluding hydrogens is 195 g/mol. The lowest BCUT2D eigenvalue weighted by Gasteiger charge is -2.03. The Kier molecular flexibility index (Phi) is 9.82. The van der Waals surface area contributed by atoms with Crippen LogP contribution >= 0.6 is 7.82 Å². The Bertz CT molecular complexity index is 118. The van der Waals surface area contributed by atoms with Gasteiger partial charge in [0.2, 0.25) is 0 Å². The summed E-state index contributed by atoms with van der Waals surface area (Å²) in [7, 11) is -4.81. The first kappa shape index (κ1) is 14.8. The van der Waals surface area contributed by atoms with Crippen molar-refractivity contribution in [3.05, 3.63) is 0 Å². The third kappa shape index (κ3) is 22.4. The second-order valence-corrected chi connectivity index (χ2v) is 7.81. The van der Waals surface area contributed by atoms with Gasteiger partial charge in [0.1, 0.15) is 0 Å². The lowest BCUT2D eigenvalue weighted by atomic mass is 10.9. The second-order valence-electron chi connectivity index (χ2n) is 2.60. The molecule has 3 N–H and O–H groups in total.